The Kier molecular flexibility index (Phi) is 4.17. The Hall–Kier alpha value is -2.76. The van der Waals surface area contributed by atoms with E-state index >= 15 is 0 Å². The van der Waals surface area contributed by atoms with E-state index in [1.165, 1.54) is 11.1 Å². The molecule has 1 aliphatic heterocycles. The zero-order valence-electron chi connectivity index (χ0n) is 14.5. The molecule has 0 fully saturated rings. The Morgan fingerprint density at radius 1 is 1.28 bits per heavy atom. The molecule has 0 saturated heterocycles. The highest BCUT2D eigenvalue weighted by atomic mass is 16.5. The molecule has 0 spiro atoms. The molecule has 130 valence electrons. The molecule has 3 N–H and O–H groups in total. The zero-order chi connectivity index (χ0) is 17.2. The molecule has 6 heteroatoms. The number of fused-ring (bicyclic) bond motifs is 2. The predicted octanol–water partition coefficient (Wildman–Crippen LogP) is 3.21. The van der Waals surface area contributed by atoms with E-state index in [0.29, 0.717) is 5.95 Å². The van der Waals surface area contributed by atoms with Gasteiger partial charge in [0.1, 0.15) is 11.3 Å². The van der Waals surface area contributed by atoms with Crippen LogP contribution >= 0.6 is 0 Å². The van der Waals surface area contributed by atoms with E-state index in [0.717, 1.165) is 61.6 Å². The smallest absolute Gasteiger partial charge is 0.222 e. The fourth-order valence-corrected chi connectivity index (χ4v) is 3.35. The Balaban J connectivity index is 1.71. The number of hydrogen-bond acceptors (Lipinski definition) is 5. The van der Waals surface area contributed by atoms with E-state index in [4.69, 9.17) is 10.5 Å². The van der Waals surface area contributed by atoms with Crippen molar-refractivity contribution in [2.75, 3.05) is 24.2 Å². The van der Waals surface area contributed by atoms with Crippen LogP contribution in [-0.4, -0.2) is 27.7 Å². The van der Waals surface area contributed by atoms with Gasteiger partial charge >= 0.3 is 0 Å². The first-order chi connectivity index (χ1) is 12.3. The van der Waals surface area contributed by atoms with Crippen LogP contribution in [0.2, 0.25) is 0 Å². The maximum atomic E-state index is 5.87. The lowest BCUT2D eigenvalue weighted by Crippen LogP contribution is -2.09. The zero-order valence-corrected chi connectivity index (χ0v) is 14.5. The summed E-state index contributed by atoms with van der Waals surface area (Å²) in [5.74, 6) is 2.13. The highest BCUT2D eigenvalue weighted by molar-refractivity contribution is 5.87. The quantitative estimate of drug-likeness (QED) is 0.675. The minimum Gasteiger partial charge on any atom is -0.493 e. The van der Waals surface area contributed by atoms with E-state index in [-0.39, 0.29) is 0 Å². The molecule has 2 aromatic heterocycles. The molecule has 4 rings (SSSR count). The first-order valence-electron chi connectivity index (χ1n) is 8.86. The molecule has 25 heavy (non-hydrogen) atoms. The standard InChI is InChI=1S/C19H23N5O/c1-2-3-9-21-18-16-15(22-19(20)23-18)7-10-24(16)12-14-6-4-5-13-8-11-25-17(13)14/h4-7,10H,2-3,8-9,11-12H2,1H3,(H3,20,21,22,23). The van der Waals surface area contributed by atoms with Crippen molar-refractivity contribution in [3.05, 3.63) is 41.6 Å². The van der Waals surface area contributed by atoms with E-state index in [1.807, 2.05) is 12.3 Å². The second-order valence-electron chi connectivity index (χ2n) is 6.39. The average Bonchev–Trinajstić information content (AvgIpc) is 3.23. The molecule has 6 nitrogen and oxygen atoms in total. The van der Waals surface area contributed by atoms with Crippen molar-refractivity contribution in [1.82, 2.24) is 14.5 Å². The summed E-state index contributed by atoms with van der Waals surface area (Å²) in [7, 11) is 0. The van der Waals surface area contributed by atoms with Gasteiger partial charge in [0.05, 0.1) is 18.7 Å². The Morgan fingerprint density at radius 2 is 2.20 bits per heavy atom. The minimum atomic E-state index is 0.299. The summed E-state index contributed by atoms with van der Waals surface area (Å²) < 4.78 is 8.01. The topological polar surface area (TPSA) is 78.0 Å². The van der Waals surface area contributed by atoms with Gasteiger partial charge in [0, 0.05) is 24.7 Å². The molecule has 0 amide bonds. The molecule has 1 aliphatic rings. The summed E-state index contributed by atoms with van der Waals surface area (Å²) in [5.41, 5.74) is 10.2. The van der Waals surface area contributed by atoms with Gasteiger partial charge in [-0.2, -0.15) is 4.98 Å². The third kappa shape index (κ3) is 2.99. The van der Waals surface area contributed by atoms with Gasteiger partial charge in [-0.3, -0.25) is 0 Å². The second kappa shape index (κ2) is 6.63. The van der Waals surface area contributed by atoms with Crippen LogP contribution in [0.5, 0.6) is 5.75 Å². The Bertz CT molecular complexity index is 902. The van der Waals surface area contributed by atoms with Gasteiger partial charge in [0.15, 0.2) is 5.82 Å². The lowest BCUT2D eigenvalue weighted by molar-refractivity contribution is 0.353. The third-order valence-corrected chi connectivity index (χ3v) is 4.59. The number of anilines is 2. The molecule has 3 heterocycles. The van der Waals surface area contributed by atoms with Crippen molar-refractivity contribution in [3.63, 3.8) is 0 Å². The number of unbranched alkanes of at least 4 members (excludes halogenated alkanes) is 1. The van der Waals surface area contributed by atoms with Crippen molar-refractivity contribution in [3.8, 4) is 5.75 Å². The van der Waals surface area contributed by atoms with Crippen LogP contribution in [0.1, 0.15) is 30.9 Å². The van der Waals surface area contributed by atoms with Crippen LogP contribution in [0.3, 0.4) is 0 Å². The minimum absolute atomic E-state index is 0.299. The molecule has 3 aromatic rings. The summed E-state index contributed by atoms with van der Waals surface area (Å²) in [6, 6.07) is 8.35. The highest BCUT2D eigenvalue weighted by Gasteiger charge is 2.18. The summed E-state index contributed by atoms with van der Waals surface area (Å²) in [6.07, 6.45) is 5.24. The maximum absolute atomic E-state index is 5.87. The summed E-state index contributed by atoms with van der Waals surface area (Å²) in [6.45, 7) is 4.53. The number of nitrogen functional groups attached to an aromatic ring is 1. The molecule has 0 unspecified atom stereocenters. The summed E-state index contributed by atoms with van der Waals surface area (Å²) in [4.78, 5) is 8.80. The fourth-order valence-electron chi connectivity index (χ4n) is 3.35. The van der Waals surface area contributed by atoms with E-state index < -0.39 is 0 Å². The van der Waals surface area contributed by atoms with E-state index in [1.54, 1.807) is 0 Å². The molecule has 0 saturated carbocycles. The molecular formula is C19H23N5O. The van der Waals surface area contributed by atoms with Crippen molar-refractivity contribution < 1.29 is 4.74 Å². The SMILES string of the molecule is CCCCNc1nc(N)nc2ccn(Cc3cccc4c3OCC4)c12. The normalized spacial score (nSPS) is 13.0. The van der Waals surface area contributed by atoms with Gasteiger partial charge in [-0.15, -0.1) is 0 Å². The van der Waals surface area contributed by atoms with Crippen LogP contribution in [-0.2, 0) is 13.0 Å². The fraction of sp³-hybridized carbons (Fsp3) is 0.368. The number of rotatable bonds is 6. The third-order valence-electron chi connectivity index (χ3n) is 4.59. The number of benzene rings is 1. The summed E-state index contributed by atoms with van der Waals surface area (Å²) in [5, 5.41) is 3.41. The van der Waals surface area contributed by atoms with Crippen molar-refractivity contribution in [1.29, 1.82) is 0 Å². The van der Waals surface area contributed by atoms with Crippen LogP contribution in [0.15, 0.2) is 30.5 Å². The van der Waals surface area contributed by atoms with E-state index in [9.17, 15) is 0 Å². The number of hydrogen-bond donors (Lipinski definition) is 2. The second-order valence-corrected chi connectivity index (χ2v) is 6.39. The van der Waals surface area contributed by atoms with Crippen LogP contribution in [0.4, 0.5) is 11.8 Å². The summed E-state index contributed by atoms with van der Waals surface area (Å²) >= 11 is 0. The molecule has 0 radical (unpaired) electrons. The van der Waals surface area contributed by atoms with Gasteiger partial charge < -0.3 is 20.4 Å². The van der Waals surface area contributed by atoms with Gasteiger partial charge in [-0.25, -0.2) is 4.98 Å². The van der Waals surface area contributed by atoms with Gasteiger partial charge in [0.2, 0.25) is 5.95 Å². The lowest BCUT2D eigenvalue weighted by atomic mass is 10.1. The van der Waals surface area contributed by atoms with E-state index in [2.05, 4.69) is 45.0 Å². The Morgan fingerprint density at radius 3 is 3.08 bits per heavy atom. The van der Waals surface area contributed by atoms with Gasteiger partial charge in [0.25, 0.3) is 0 Å². The number of nitrogens with one attached hydrogen (secondary N) is 1. The molecular weight excluding hydrogens is 314 g/mol. The number of nitrogens with two attached hydrogens (primary N) is 1. The molecule has 0 atom stereocenters. The van der Waals surface area contributed by atoms with Crippen molar-refractivity contribution >= 4 is 22.8 Å². The first-order valence-corrected chi connectivity index (χ1v) is 8.86. The average molecular weight is 337 g/mol. The van der Waals surface area contributed by atoms with Crippen LogP contribution in [0, 0.1) is 0 Å². The van der Waals surface area contributed by atoms with Gasteiger partial charge in [-0.1, -0.05) is 31.5 Å². The van der Waals surface area contributed by atoms with Crippen molar-refractivity contribution in [2.45, 2.75) is 32.7 Å². The predicted molar refractivity (Wildman–Crippen MR) is 100 cm³/mol. The number of aromatic nitrogens is 3. The maximum Gasteiger partial charge on any atom is 0.222 e. The first kappa shape index (κ1) is 15.7. The molecule has 0 aliphatic carbocycles. The van der Waals surface area contributed by atoms with Crippen molar-refractivity contribution in [2.24, 2.45) is 0 Å². The number of para-hydroxylation sites is 1. The number of nitrogens with zero attached hydrogens (tertiary/aromatic N) is 3. The number of ether oxygens (including phenoxy) is 1. The largest absolute Gasteiger partial charge is 0.493 e. The van der Waals surface area contributed by atoms with Gasteiger partial charge in [-0.05, 0) is 18.1 Å². The highest BCUT2D eigenvalue weighted by Crippen LogP contribution is 2.31. The van der Waals surface area contributed by atoms with Crippen LogP contribution < -0.4 is 15.8 Å². The van der Waals surface area contributed by atoms with Crippen LogP contribution in [0.25, 0.3) is 11.0 Å². The monoisotopic (exact) mass is 337 g/mol. The molecule has 0 bridgehead atoms. The lowest BCUT2D eigenvalue weighted by Gasteiger charge is -2.13. The Labute approximate surface area is 147 Å². The molecule has 1 aromatic carbocycles.